The van der Waals surface area contributed by atoms with Crippen LogP contribution in [-0.2, 0) is 0 Å². The first kappa shape index (κ1) is 11.7. The molecule has 0 heteroatoms. The Bertz CT molecular complexity index is 115. The van der Waals surface area contributed by atoms with Gasteiger partial charge in [-0.15, -0.1) is 0 Å². The molecule has 0 aliphatic rings. The van der Waals surface area contributed by atoms with E-state index >= 15 is 0 Å². The maximum atomic E-state index is 2.29. The predicted molar refractivity (Wildman–Crippen MR) is 57.4 cm³/mol. The van der Waals surface area contributed by atoms with Crippen molar-refractivity contribution in [3.05, 3.63) is 11.1 Å². The van der Waals surface area contributed by atoms with Crippen LogP contribution in [0.4, 0.5) is 0 Å². The molecular formula is C12H24. The van der Waals surface area contributed by atoms with E-state index in [4.69, 9.17) is 0 Å². The van der Waals surface area contributed by atoms with Gasteiger partial charge in [-0.05, 0) is 39.5 Å². The maximum absolute atomic E-state index is 2.29. The van der Waals surface area contributed by atoms with Crippen LogP contribution in [0.5, 0.6) is 0 Å². The Morgan fingerprint density at radius 3 is 1.33 bits per heavy atom. The summed E-state index contributed by atoms with van der Waals surface area (Å²) < 4.78 is 0. The summed E-state index contributed by atoms with van der Waals surface area (Å²) in [6, 6.07) is 0. The van der Waals surface area contributed by atoms with Crippen LogP contribution in [0.1, 0.15) is 66.2 Å². The Morgan fingerprint density at radius 1 is 0.750 bits per heavy atom. The molecule has 0 saturated carbocycles. The lowest BCUT2D eigenvalue weighted by Gasteiger charge is -2.06. The zero-order chi connectivity index (χ0) is 9.40. The van der Waals surface area contributed by atoms with E-state index in [0.29, 0.717) is 0 Å². The van der Waals surface area contributed by atoms with Gasteiger partial charge in [-0.25, -0.2) is 0 Å². The summed E-state index contributed by atoms with van der Waals surface area (Å²) in [5, 5.41) is 0. The van der Waals surface area contributed by atoms with Crippen molar-refractivity contribution in [2.75, 3.05) is 0 Å². The van der Waals surface area contributed by atoms with Crippen LogP contribution in [0.3, 0.4) is 0 Å². The molecule has 72 valence electrons. The normalized spacial score (nSPS) is 13.0. The highest BCUT2D eigenvalue weighted by Gasteiger charge is 1.95. The Balaban J connectivity index is 3.72. The zero-order valence-corrected chi connectivity index (χ0v) is 9.24. The summed E-state index contributed by atoms with van der Waals surface area (Å²) in [5.74, 6) is 0. The van der Waals surface area contributed by atoms with Gasteiger partial charge in [0.2, 0.25) is 0 Å². The molecule has 0 amide bonds. The van der Waals surface area contributed by atoms with Gasteiger partial charge in [-0.2, -0.15) is 0 Å². The Hall–Kier alpha value is -0.260. The van der Waals surface area contributed by atoms with Gasteiger partial charge < -0.3 is 0 Å². The number of hydrogen-bond donors (Lipinski definition) is 0. The minimum absolute atomic E-state index is 1.31. The quantitative estimate of drug-likeness (QED) is 0.504. The molecule has 0 spiro atoms. The highest BCUT2D eigenvalue weighted by Crippen LogP contribution is 2.16. The molecule has 0 radical (unpaired) electrons. The average Bonchev–Trinajstić information content (AvgIpc) is 2.10. The molecule has 0 aromatic rings. The molecule has 0 unspecified atom stereocenters. The molecule has 0 fully saturated rings. The Kier molecular flexibility index (Phi) is 7.23. The van der Waals surface area contributed by atoms with Gasteiger partial charge >= 0.3 is 0 Å². The monoisotopic (exact) mass is 168 g/mol. The lowest BCUT2D eigenvalue weighted by atomic mass is 10.0. The highest BCUT2D eigenvalue weighted by atomic mass is 14.0. The third-order valence-electron chi connectivity index (χ3n) is 2.54. The van der Waals surface area contributed by atoms with Crippen LogP contribution in [0.2, 0.25) is 0 Å². The SMILES string of the molecule is CCCC/C(C)=C(\C)CCCC. The summed E-state index contributed by atoms with van der Waals surface area (Å²) in [7, 11) is 0. The first-order valence-corrected chi connectivity index (χ1v) is 5.37. The molecule has 0 saturated heterocycles. The lowest BCUT2D eigenvalue weighted by Crippen LogP contribution is -1.85. The second kappa shape index (κ2) is 7.39. The van der Waals surface area contributed by atoms with Crippen molar-refractivity contribution in [2.24, 2.45) is 0 Å². The summed E-state index contributed by atoms with van der Waals surface area (Å²) >= 11 is 0. The van der Waals surface area contributed by atoms with E-state index in [-0.39, 0.29) is 0 Å². The second-order valence-corrected chi connectivity index (χ2v) is 3.77. The first-order chi connectivity index (χ1) is 5.72. The standard InChI is InChI=1S/C12H24/c1-5-7-9-11(3)12(4)10-8-6-2/h5-10H2,1-4H3/b12-11+. The predicted octanol–water partition coefficient (Wildman–Crippen LogP) is 4.70. The fourth-order valence-corrected chi connectivity index (χ4v) is 1.31. The van der Waals surface area contributed by atoms with Gasteiger partial charge in [0.05, 0.1) is 0 Å². The number of hydrogen-bond acceptors (Lipinski definition) is 0. The minimum Gasteiger partial charge on any atom is -0.0744 e. The van der Waals surface area contributed by atoms with E-state index in [1.54, 1.807) is 11.1 Å². The number of allylic oxidation sites excluding steroid dienone is 2. The summed E-state index contributed by atoms with van der Waals surface area (Å²) in [6.07, 6.45) is 7.97. The van der Waals surface area contributed by atoms with Crippen LogP contribution in [0, 0.1) is 0 Å². The first-order valence-electron chi connectivity index (χ1n) is 5.37. The zero-order valence-electron chi connectivity index (χ0n) is 9.24. The van der Waals surface area contributed by atoms with Crippen LogP contribution in [0.25, 0.3) is 0 Å². The number of rotatable bonds is 6. The molecule has 0 heterocycles. The molecule has 0 aromatic heterocycles. The van der Waals surface area contributed by atoms with E-state index in [1.807, 2.05) is 0 Å². The Labute approximate surface area is 78.1 Å². The van der Waals surface area contributed by atoms with Gasteiger partial charge in [-0.3, -0.25) is 0 Å². The summed E-state index contributed by atoms with van der Waals surface area (Å²) in [5.41, 5.74) is 3.26. The van der Waals surface area contributed by atoms with Crippen molar-refractivity contribution in [3.8, 4) is 0 Å². The van der Waals surface area contributed by atoms with Gasteiger partial charge in [0.25, 0.3) is 0 Å². The maximum Gasteiger partial charge on any atom is -0.0321 e. The third kappa shape index (κ3) is 5.40. The molecule has 0 rings (SSSR count). The second-order valence-electron chi connectivity index (χ2n) is 3.77. The molecule has 0 nitrogen and oxygen atoms in total. The molecule has 0 atom stereocenters. The third-order valence-corrected chi connectivity index (χ3v) is 2.54. The van der Waals surface area contributed by atoms with E-state index in [2.05, 4.69) is 27.7 Å². The van der Waals surface area contributed by atoms with E-state index in [9.17, 15) is 0 Å². The lowest BCUT2D eigenvalue weighted by molar-refractivity contribution is 0.745. The van der Waals surface area contributed by atoms with E-state index in [0.717, 1.165) is 0 Å². The van der Waals surface area contributed by atoms with Crippen LogP contribution >= 0.6 is 0 Å². The summed E-state index contributed by atoms with van der Waals surface area (Å²) in [6.45, 7) is 9.10. The fourth-order valence-electron chi connectivity index (χ4n) is 1.31. The topological polar surface area (TPSA) is 0 Å². The van der Waals surface area contributed by atoms with Crippen molar-refractivity contribution in [1.29, 1.82) is 0 Å². The smallest absolute Gasteiger partial charge is 0.0321 e. The van der Waals surface area contributed by atoms with Crippen molar-refractivity contribution in [2.45, 2.75) is 66.2 Å². The molecule has 0 aromatic carbocycles. The van der Waals surface area contributed by atoms with Crippen LogP contribution in [-0.4, -0.2) is 0 Å². The molecule has 0 bridgehead atoms. The van der Waals surface area contributed by atoms with Gasteiger partial charge in [0.15, 0.2) is 0 Å². The minimum atomic E-state index is 1.31. The van der Waals surface area contributed by atoms with E-state index in [1.165, 1.54) is 38.5 Å². The molecule has 12 heavy (non-hydrogen) atoms. The van der Waals surface area contributed by atoms with Crippen molar-refractivity contribution < 1.29 is 0 Å². The molecular weight excluding hydrogens is 144 g/mol. The van der Waals surface area contributed by atoms with Crippen molar-refractivity contribution in [3.63, 3.8) is 0 Å². The highest BCUT2D eigenvalue weighted by molar-refractivity contribution is 5.09. The van der Waals surface area contributed by atoms with Gasteiger partial charge in [-0.1, -0.05) is 37.8 Å². The van der Waals surface area contributed by atoms with E-state index < -0.39 is 0 Å². The van der Waals surface area contributed by atoms with Crippen LogP contribution in [0.15, 0.2) is 11.1 Å². The average molecular weight is 168 g/mol. The van der Waals surface area contributed by atoms with Gasteiger partial charge in [0, 0.05) is 0 Å². The molecule has 0 aliphatic heterocycles. The largest absolute Gasteiger partial charge is 0.0744 e. The number of unbranched alkanes of at least 4 members (excludes halogenated alkanes) is 2. The van der Waals surface area contributed by atoms with Gasteiger partial charge in [0.1, 0.15) is 0 Å². The summed E-state index contributed by atoms with van der Waals surface area (Å²) in [4.78, 5) is 0. The van der Waals surface area contributed by atoms with Crippen molar-refractivity contribution in [1.82, 2.24) is 0 Å². The van der Waals surface area contributed by atoms with Crippen LogP contribution < -0.4 is 0 Å². The van der Waals surface area contributed by atoms with Crippen molar-refractivity contribution >= 4 is 0 Å². The fraction of sp³-hybridized carbons (Fsp3) is 0.833. The molecule has 0 aliphatic carbocycles. The Morgan fingerprint density at radius 2 is 1.08 bits per heavy atom. The molecule has 0 N–H and O–H groups in total.